The fourth-order valence-electron chi connectivity index (χ4n) is 0.880. The number of carbonyl (C=O) groups is 1. The maximum Gasteiger partial charge on any atom is 0.270 e. The van der Waals surface area contributed by atoms with Crippen LogP contribution in [0.3, 0.4) is 0 Å². The molecule has 78 valence electrons. The zero-order chi connectivity index (χ0) is 10.6. The molecule has 1 amide bonds. The van der Waals surface area contributed by atoms with Crippen molar-refractivity contribution in [3.05, 3.63) is 11.1 Å². The van der Waals surface area contributed by atoms with E-state index in [0.717, 1.165) is 5.13 Å². The maximum atomic E-state index is 11.5. The van der Waals surface area contributed by atoms with E-state index in [-0.39, 0.29) is 5.91 Å². The summed E-state index contributed by atoms with van der Waals surface area (Å²) in [5, 5.41) is 8.22. The average Bonchev–Trinajstić information content (AvgIpc) is 2.62. The molecule has 1 heterocycles. The van der Waals surface area contributed by atoms with Crippen LogP contribution in [0.4, 0.5) is 5.13 Å². The van der Waals surface area contributed by atoms with Crippen LogP contribution in [0.5, 0.6) is 0 Å². The van der Waals surface area contributed by atoms with Crippen LogP contribution in [0.15, 0.2) is 5.38 Å². The van der Waals surface area contributed by atoms with Crippen LogP contribution in [0, 0.1) is 5.92 Å². The number of hydrogen-bond acceptors (Lipinski definition) is 4. The van der Waals surface area contributed by atoms with E-state index < -0.39 is 0 Å². The first-order valence-corrected chi connectivity index (χ1v) is 5.43. The largest absolute Gasteiger partial charge is 0.365 e. The fourth-order valence-corrected chi connectivity index (χ4v) is 1.53. The molecule has 0 fully saturated rings. The molecule has 2 N–H and O–H groups in total. The molecule has 1 aromatic heterocycles. The number of aromatic nitrogens is 1. The molecule has 0 aliphatic rings. The number of carbonyl (C=O) groups excluding carboxylic acids is 1. The fraction of sp³-hybridized carbons (Fsp3) is 0.556. The molecule has 0 saturated heterocycles. The predicted molar refractivity (Wildman–Crippen MR) is 58.8 cm³/mol. The summed E-state index contributed by atoms with van der Waals surface area (Å²) in [4.78, 5) is 15.6. The third kappa shape index (κ3) is 2.99. The Morgan fingerprint density at radius 3 is 2.86 bits per heavy atom. The highest BCUT2D eigenvalue weighted by Gasteiger charge is 2.09. The van der Waals surface area contributed by atoms with Crippen LogP contribution in [-0.2, 0) is 0 Å². The highest BCUT2D eigenvalue weighted by Crippen LogP contribution is 2.13. The molecule has 0 spiro atoms. The van der Waals surface area contributed by atoms with E-state index in [0.29, 0.717) is 18.2 Å². The molecular formula is C9H15N3OS. The summed E-state index contributed by atoms with van der Waals surface area (Å²) >= 11 is 1.43. The summed E-state index contributed by atoms with van der Waals surface area (Å²) in [6.45, 7) is 4.80. The van der Waals surface area contributed by atoms with Crippen LogP contribution < -0.4 is 10.6 Å². The van der Waals surface area contributed by atoms with Gasteiger partial charge in [-0.3, -0.25) is 4.79 Å². The van der Waals surface area contributed by atoms with E-state index in [1.54, 1.807) is 12.4 Å². The van der Waals surface area contributed by atoms with Gasteiger partial charge in [-0.15, -0.1) is 11.3 Å². The summed E-state index contributed by atoms with van der Waals surface area (Å²) in [5.74, 6) is 0.359. The van der Waals surface area contributed by atoms with Crippen LogP contribution in [-0.4, -0.2) is 24.5 Å². The molecule has 4 nitrogen and oxygen atoms in total. The zero-order valence-corrected chi connectivity index (χ0v) is 9.44. The van der Waals surface area contributed by atoms with E-state index in [2.05, 4.69) is 29.5 Å². The SMILES string of the molecule is CNc1nc(C(=O)NCC(C)C)cs1. The van der Waals surface area contributed by atoms with Crippen LogP contribution in [0.25, 0.3) is 0 Å². The number of amides is 1. The summed E-state index contributed by atoms with van der Waals surface area (Å²) < 4.78 is 0. The molecule has 0 unspecified atom stereocenters. The first kappa shape index (κ1) is 11.0. The van der Waals surface area contributed by atoms with Gasteiger partial charge in [0.15, 0.2) is 5.13 Å². The van der Waals surface area contributed by atoms with Gasteiger partial charge in [-0.2, -0.15) is 0 Å². The van der Waals surface area contributed by atoms with Gasteiger partial charge in [-0.25, -0.2) is 4.98 Å². The second-order valence-electron chi connectivity index (χ2n) is 3.39. The van der Waals surface area contributed by atoms with Gasteiger partial charge in [-0.05, 0) is 5.92 Å². The Morgan fingerprint density at radius 2 is 2.36 bits per heavy atom. The van der Waals surface area contributed by atoms with Gasteiger partial charge < -0.3 is 10.6 Å². The molecule has 14 heavy (non-hydrogen) atoms. The molecular weight excluding hydrogens is 198 g/mol. The Kier molecular flexibility index (Phi) is 3.88. The Hall–Kier alpha value is -1.10. The number of thiazole rings is 1. The third-order valence-corrected chi connectivity index (χ3v) is 2.48. The standard InChI is InChI=1S/C9H15N3OS/c1-6(2)4-11-8(13)7-5-14-9(10-3)12-7/h5-6H,4H2,1-3H3,(H,10,12)(H,11,13). The summed E-state index contributed by atoms with van der Waals surface area (Å²) in [7, 11) is 1.79. The second-order valence-corrected chi connectivity index (χ2v) is 4.25. The van der Waals surface area contributed by atoms with Crippen molar-refractivity contribution in [1.29, 1.82) is 0 Å². The van der Waals surface area contributed by atoms with Crippen molar-refractivity contribution in [2.24, 2.45) is 5.92 Å². The Bertz CT molecular complexity index is 309. The van der Waals surface area contributed by atoms with Gasteiger partial charge in [-0.1, -0.05) is 13.8 Å². The Balaban J connectivity index is 2.52. The lowest BCUT2D eigenvalue weighted by atomic mass is 10.2. The van der Waals surface area contributed by atoms with Crippen LogP contribution in [0.2, 0.25) is 0 Å². The highest BCUT2D eigenvalue weighted by molar-refractivity contribution is 7.13. The minimum Gasteiger partial charge on any atom is -0.365 e. The molecule has 0 aliphatic heterocycles. The maximum absolute atomic E-state index is 11.5. The van der Waals surface area contributed by atoms with Crippen molar-refractivity contribution in [3.8, 4) is 0 Å². The second kappa shape index (κ2) is 4.95. The molecule has 0 radical (unpaired) electrons. The van der Waals surface area contributed by atoms with Crippen molar-refractivity contribution in [2.75, 3.05) is 18.9 Å². The Labute approximate surface area is 87.7 Å². The summed E-state index contributed by atoms with van der Waals surface area (Å²) in [6.07, 6.45) is 0. The summed E-state index contributed by atoms with van der Waals surface area (Å²) in [6, 6.07) is 0. The van der Waals surface area contributed by atoms with Gasteiger partial charge in [0.05, 0.1) is 0 Å². The van der Waals surface area contributed by atoms with Gasteiger partial charge in [0.25, 0.3) is 5.91 Å². The van der Waals surface area contributed by atoms with Crippen LogP contribution >= 0.6 is 11.3 Å². The van der Waals surface area contributed by atoms with Gasteiger partial charge >= 0.3 is 0 Å². The van der Waals surface area contributed by atoms with E-state index in [1.807, 2.05) is 0 Å². The third-order valence-electron chi connectivity index (χ3n) is 1.62. The monoisotopic (exact) mass is 213 g/mol. The smallest absolute Gasteiger partial charge is 0.270 e. The number of nitrogens with one attached hydrogen (secondary N) is 2. The van der Waals surface area contributed by atoms with E-state index in [1.165, 1.54) is 11.3 Å². The van der Waals surface area contributed by atoms with Crippen molar-refractivity contribution in [2.45, 2.75) is 13.8 Å². The Morgan fingerprint density at radius 1 is 1.64 bits per heavy atom. The topological polar surface area (TPSA) is 54.0 Å². The molecule has 0 saturated carbocycles. The molecule has 5 heteroatoms. The highest BCUT2D eigenvalue weighted by atomic mass is 32.1. The van der Waals surface area contributed by atoms with Crippen LogP contribution in [0.1, 0.15) is 24.3 Å². The quantitative estimate of drug-likeness (QED) is 0.798. The molecule has 0 aromatic carbocycles. The van der Waals surface area contributed by atoms with Gasteiger partial charge in [0.2, 0.25) is 0 Å². The molecule has 1 rings (SSSR count). The minimum absolute atomic E-state index is 0.101. The van der Waals surface area contributed by atoms with Gasteiger partial charge in [0, 0.05) is 19.0 Å². The predicted octanol–water partition coefficient (Wildman–Crippen LogP) is 1.57. The van der Waals surface area contributed by atoms with E-state index >= 15 is 0 Å². The lowest BCUT2D eigenvalue weighted by Gasteiger charge is -2.05. The molecule has 1 aromatic rings. The van der Waals surface area contributed by atoms with Crippen molar-refractivity contribution < 1.29 is 4.79 Å². The minimum atomic E-state index is -0.101. The number of rotatable bonds is 4. The molecule has 0 atom stereocenters. The lowest BCUT2D eigenvalue weighted by Crippen LogP contribution is -2.27. The molecule has 0 bridgehead atoms. The van der Waals surface area contributed by atoms with Gasteiger partial charge in [0.1, 0.15) is 5.69 Å². The number of anilines is 1. The number of nitrogens with zero attached hydrogens (tertiary/aromatic N) is 1. The van der Waals surface area contributed by atoms with Crippen molar-refractivity contribution >= 4 is 22.4 Å². The first-order valence-electron chi connectivity index (χ1n) is 4.55. The summed E-state index contributed by atoms with van der Waals surface area (Å²) in [5.41, 5.74) is 0.486. The average molecular weight is 213 g/mol. The zero-order valence-electron chi connectivity index (χ0n) is 8.63. The molecule has 0 aliphatic carbocycles. The number of hydrogen-bond donors (Lipinski definition) is 2. The van der Waals surface area contributed by atoms with E-state index in [4.69, 9.17) is 0 Å². The van der Waals surface area contributed by atoms with E-state index in [9.17, 15) is 4.79 Å². The lowest BCUT2D eigenvalue weighted by molar-refractivity contribution is 0.0945. The first-order chi connectivity index (χ1) is 6.63. The normalized spacial score (nSPS) is 10.3. The van der Waals surface area contributed by atoms with Crippen molar-refractivity contribution in [3.63, 3.8) is 0 Å². The van der Waals surface area contributed by atoms with Crippen molar-refractivity contribution in [1.82, 2.24) is 10.3 Å².